The largest absolute Gasteiger partial charge is 0.494 e. The van der Waals surface area contributed by atoms with E-state index in [1.54, 1.807) is 42.5 Å². The molecule has 0 N–H and O–H groups in total. The first-order valence-electron chi connectivity index (χ1n) is 5.74. The van der Waals surface area contributed by atoms with Crippen LogP contribution in [-0.2, 0) is 6.61 Å². The molecule has 0 radical (unpaired) electrons. The number of halogens is 1. The van der Waals surface area contributed by atoms with E-state index in [4.69, 9.17) is 9.47 Å². The summed E-state index contributed by atoms with van der Waals surface area (Å²) in [4.78, 5) is 10.5. The number of hydrogen-bond donors (Lipinski definition) is 0. The number of methoxy groups -OCH3 is 1. The average Bonchev–Trinajstić information content (AvgIpc) is 2.47. The average molecular weight is 260 g/mol. The molecule has 98 valence electrons. The van der Waals surface area contributed by atoms with Crippen molar-refractivity contribution in [2.45, 2.75) is 6.61 Å². The van der Waals surface area contributed by atoms with E-state index in [1.807, 2.05) is 0 Å². The predicted molar refractivity (Wildman–Crippen MR) is 69.1 cm³/mol. The van der Waals surface area contributed by atoms with Crippen molar-refractivity contribution in [1.29, 1.82) is 0 Å². The molecule has 2 aromatic carbocycles. The number of ether oxygens (including phenoxy) is 2. The molecule has 0 aliphatic heterocycles. The maximum absolute atomic E-state index is 13.8. The van der Waals surface area contributed by atoms with Crippen molar-refractivity contribution in [2.24, 2.45) is 0 Å². The van der Waals surface area contributed by atoms with E-state index in [1.165, 1.54) is 7.11 Å². The van der Waals surface area contributed by atoms with Gasteiger partial charge in [-0.2, -0.15) is 0 Å². The molecular formula is C15H13FO3. The molecule has 0 saturated heterocycles. The maximum Gasteiger partial charge on any atom is 0.171 e. The Morgan fingerprint density at radius 1 is 1.16 bits per heavy atom. The summed E-state index contributed by atoms with van der Waals surface area (Å²) in [6.45, 7) is 0.101. The minimum Gasteiger partial charge on any atom is -0.494 e. The molecule has 0 heterocycles. The molecule has 0 aliphatic rings. The zero-order valence-electron chi connectivity index (χ0n) is 10.4. The van der Waals surface area contributed by atoms with Gasteiger partial charge in [0.1, 0.15) is 18.6 Å². The summed E-state index contributed by atoms with van der Waals surface area (Å²) in [5.74, 6) is 0.347. The molecule has 0 spiro atoms. The van der Waals surface area contributed by atoms with Crippen molar-refractivity contribution < 1.29 is 18.7 Å². The smallest absolute Gasteiger partial charge is 0.171 e. The topological polar surface area (TPSA) is 35.5 Å². The first-order chi connectivity index (χ1) is 9.24. The van der Waals surface area contributed by atoms with Crippen molar-refractivity contribution in [1.82, 2.24) is 0 Å². The van der Waals surface area contributed by atoms with Gasteiger partial charge in [-0.3, -0.25) is 4.79 Å². The molecular weight excluding hydrogens is 247 g/mol. The normalized spacial score (nSPS) is 10.0. The Morgan fingerprint density at radius 2 is 1.89 bits per heavy atom. The van der Waals surface area contributed by atoms with Crippen molar-refractivity contribution in [3.63, 3.8) is 0 Å². The lowest BCUT2D eigenvalue weighted by atomic mass is 10.2. The number of hydrogen-bond acceptors (Lipinski definition) is 3. The van der Waals surface area contributed by atoms with Crippen LogP contribution in [0.3, 0.4) is 0 Å². The van der Waals surface area contributed by atoms with Gasteiger partial charge in [0.25, 0.3) is 0 Å². The van der Waals surface area contributed by atoms with Crippen molar-refractivity contribution >= 4 is 6.29 Å². The van der Waals surface area contributed by atoms with Crippen molar-refractivity contribution in [3.05, 3.63) is 59.4 Å². The Labute approximate surface area is 110 Å². The van der Waals surface area contributed by atoms with E-state index in [-0.39, 0.29) is 12.4 Å². The third-order valence-electron chi connectivity index (χ3n) is 2.67. The number of carbonyl (C=O) groups is 1. The lowest BCUT2D eigenvalue weighted by Crippen LogP contribution is -2.00. The van der Waals surface area contributed by atoms with Crippen molar-refractivity contribution in [3.8, 4) is 11.5 Å². The van der Waals surface area contributed by atoms with E-state index < -0.39 is 5.82 Å². The summed E-state index contributed by atoms with van der Waals surface area (Å²) >= 11 is 0. The summed E-state index contributed by atoms with van der Waals surface area (Å²) in [6.07, 6.45) is 0.755. The van der Waals surface area contributed by atoms with Crippen LogP contribution in [0.4, 0.5) is 4.39 Å². The number of carbonyl (C=O) groups excluding carboxylic acids is 1. The van der Waals surface area contributed by atoms with Gasteiger partial charge in [0, 0.05) is 11.1 Å². The summed E-state index contributed by atoms with van der Waals surface area (Å²) < 4.78 is 24.2. The maximum atomic E-state index is 13.8. The van der Waals surface area contributed by atoms with Crippen LogP contribution in [0.5, 0.6) is 11.5 Å². The van der Waals surface area contributed by atoms with Crippen LogP contribution in [0, 0.1) is 5.82 Å². The van der Waals surface area contributed by atoms with Gasteiger partial charge in [-0.15, -0.1) is 0 Å². The molecule has 0 saturated carbocycles. The second kappa shape index (κ2) is 6.00. The minimum absolute atomic E-state index is 0.101. The lowest BCUT2D eigenvalue weighted by Gasteiger charge is -2.09. The van der Waals surface area contributed by atoms with Gasteiger partial charge in [0.2, 0.25) is 0 Å². The first-order valence-corrected chi connectivity index (χ1v) is 5.74. The van der Waals surface area contributed by atoms with E-state index in [2.05, 4.69) is 0 Å². The third kappa shape index (κ3) is 3.10. The van der Waals surface area contributed by atoms with Crippen LogP contribution in [0.2, 0.25) is 0 Å². The molecule has 0 amide bonds. The van der Waals surface area contributed by atoms with Gasteiger partial charge in [-0.1, -0.05) is 12.1 Å². The predicted octanol–water partition coefficient (Wildman–Crippen LogP) is 3.23. The van der Waals surface area contributed by atoms with Crippen molar-refractivity contribution in [2.75, 3.05) is 7.11 Å². The highest BCUT2D eigenvalue weighted by atomic mass is 19.1. The highest BCUT2D eigenvalue weighted by Gasteiger charge is 2.08. The van der Waals surface area contributed by atoms with Gasteiger partial charge in [-0.25, -0.2) is 4.39 Å². The Hall–Kier alpha value is -2.36. The molecule has 2 rings (SSSR count). The fraction of sp³-hybridized carbons (Fsp3) is 0.133. The number of rotatable bonds is 5. The molecule has 3 nitrogen and oxygen atoms in total. The molecule has 0 aromatic heterocycles. The SMILES string of the molecule is COc1cccc(COc2ccc(C=O)cc2)c1F. The number of benzene rings is 2. The van der Waals surface area contributed by atoms with Gasteiger partial charge in [0.15, 0.2) is 11.6 Å². The monoisotopic (exact) mass is 260 g/mol. The zero-order valence-corrected chi connectivity index (χ0v) is 10.4. The Kier molecular flexibility index (Phi) is 4.13. The lowest BCUT2D eigenvalue weighted by molar-refractivity contribution is 0.112. The fourth-order valence-electron chi connectivity index (χ4n) is 1.63. The molecule has 19 heavy (non-hydrogen) atoms. The number of aldehydes is 1. The molecule has 4 heteroatoms. The van der Waals surface area contributed by atoms with Crippen LogP contribution < -0.4 is 9.47 Å². The Bertz CT molecular complexity index is 564. The van der Waals surface area contributed by atoms with E-state index >= 15 is 0 Å². The van der Waals surface area contributed by atoms with Gasteiger partial charge in [0.05, 0.1) is 7.11 Å². The Balaban J connectivity index is 2.07. The summed E-state index contributed by atoms with van der Waals surface area (Å²) in [5.41, 5.74) is 0.985. The van der Waals surface area contributed by atoms with Gasteiger partial charge in [-0.05, 0) is 30.3 Å². The summed E-state index contributed by atoms with van der Waals surface area (Å²) in [5, 5.41) is 0. The van der Waals surface area contributed by atoms with Crippen LogP contribution in [0.25, 0.3) is 0 Å². The fourth-order valence-corrected chi connectivity index (χ4v) is 1.63. The van der Waals surface area contributed by atoms with Crippen LogP contribution in [0.15, 0.2) is 42.5 Å². The molecule has 0 aliphatic carbocycles. The zero-order chi connectivity index (χ0) is 13.7. The van der Waals surface area contributed by atoms with Crippen LogP contribution in [-0.4, -0.2) is 13.4 Å². The molecule has 0 unspecified atom stereocenters. The van der Waals surface area contributed by atoms with Gasteiger partial charge < -0.3 is 9.47 Å². The second-order valence-corrected chi connectivity index (χ2v) is 3.91. The standard InChI is InChI=1S/C15H13FO3/c1-18-14-4-2-3-12(15(14)16)10-19-13-7-5-11(9-17)6-8-13/h2-9H,10H2,1H3. The van der Waals surface area contributed by atoms with Crippen LogP contribution in [0.1, 0.15) is 15.9 Å². The molecule has 0 fully saturated rings. The van der Waals surface area contributed by atoms with E-state index in [0.717, 1.165) is 6.29 Å². The third-order valence-corrected chi connectivity index (χ3v) is 2.67. The Morgan fingerprint density at radius 3 is 2.53 bits per heavy atom. The summed E-state index contributed by atoms with van der Waals surface area (Å²) in [6, 6.07) is 11.5. The highest BCUT2D eigenvalue weighted by molar-refractivity contribution is 5.74. The molecule has 2 aromatic rings. The highest BCUT2D eigenvalue weighted by Crippen LogP contribution is 2.21. The van der Waals surface area contributed by atoms with Crippen LogP contribution >= 0.6 is 0 Å². The molecule has 0 atom stereocenters. The minimum atomic E-state index is -0.422. The van der Waals surface area contributed by atoms with E-state index in [9.17, 15) is 9.18 Å². The second-order valence-electron chi connectivity index (χ2n) is 3.91. The quantitative estimate of drug-likeness (QED) is 0.774. The first kappa shape index (κ1) is 13.1. The molecule has 0 bridgehead atoms. The van der Waals surface area contributed by atoms with Gasteiger partial charge >= 0.3 is 0 Å². The van der Waals surface area contributed by atoms with E-state index in [0.29, 0.717) is 16.9 Å². The summed E-state index contributed by atoms with van der Waals surface area (Å²) in [7, 11) is 1.42.